The Hall–Kier alpha value is -5.29. The Balaban J connectivity index is 1.16. The van der Waals surface area contributed by atoms with Gasteiger partial charge in [-0.2, -0.15) is 10.5 Å². The van der Waals surface area contributed by atoms with Gasteiger partial charge in [0, 0.05) is 49.8 Å². The molecule has 0 spiro atoms. The summed E-state index contributed by atoms with van der Waals surface area (Å²) in [7, 11) is -0.872. The number of fused-ring (bicyclic) bond motifs is 6. The third-order valence-electron chi connectivity index (χ3n) is 14.1. The summed E-state index contributed by atoms with van der Waals surface area (Å²) in [6, 6.07) is 51.3. The first-order valence-electron chi connectivity index (χ1n) is 22.0. The number of rotatable bonds is 9. The average molecular weight is 851 g/mol. The Labute approximate surface area is 375 Å². The van der Waals surface area contributed by atoms with Gasteiger partial charge in [-0.25, -0.2) is 10.0 Å². The molecule has 0 saturated heterocycles. The van der Waals surface area contributed by atoms with Crippen molar-refractivity contribution < 1.29 is 0 Å². The summed E-state index contributed by atoms with van der Waals surface area (Å²) < 4.78 is 0. The Morgan fingerprint density at radius 1 is 0.484 bits per heavy atom. The van der Waals surface area contributed by atoms with E-state index in [4.69, 9.17) is 0 Å². The van der Waals surface area contributed by atoms with Gasteiger partial charge in [-0.05, 0) is 222 Å². The average Bonchev–Trinajstić information content (AvgIpc) is 3.61. The summed E-state index contributed by atoms with van der Waals surface area (Å²) in [5.74, 6) is 5.48. The predicted molar refractivity (Wildman–Crippen MR) is 277 cm³/mol. The van der Waals surface area contributed by atoms with E-state index in [1.54, 1.807) is 0 Å². The summed E-state index contributed by atoms with van der Waals surface area (Å²) in [5, 5.41) is 0. The smallest absolute Gasteiger partial charge is 0.0467 e. The molecule has 9 rings (SSSR count). The first-order valence-corrected chi connectivity index (χ1v) is 26.4. The fourth-order valence-corrected chi connectivity index (χ4v) is 11.9. The quantitative estimate of drug-likeness (QED) is 0.134. The van der Waals surface area contributed by atoms with Gasteiger partial charge in [-0.1, -0.05) is 75.9 Å². The zero-order valence-corrected chi connectivity index (χ0v) is 40.5. The highest BCUT2D eigenvalue weighted by atomic mass is 32.3. The van der Waals surface area contributed by atoms with Crippen LogP contribution in [0.15, 0.2) is 143 Å². The number of hydrogen-bond donors (Lipinski definition) is 0. The largest absolute Gasteiger partial charge is 0.310 e. The molecule has 0 heterocycles. The van der Waals surface area contributed by atoms with E-state index in [1.807, 2.05) is 0 Å². The van der Waals surface area contributed by atoms with Crippen LogP contribution in [0.2, 0.25) is 0 Å². The molecule has 0 amide bonds. The van der Waals surface area contributed by atoms with Gasteiger partial charge in [-0.15, -0.1) is 0 Å². The van der Waals surface area contributed by atoms with E-state index in [9.17, 15) is 0 Å². The lowest BCUT2D eigenvalue weighted by Crippen LogP contribution is -2.18. The number of anilines is 6. The van der Waals surface area contributed by atoms with E-state index in [0.717, 1.165) is 11.4 Å². The molecule has 0 N–H and O–H groups in total. The SMILES string of the molecule is C=[S@@](C)c1ccc(N(c2ccc(C)cc2)c2cc(C)c3c(c2)C(C)(C)c2cc4c(cc2-3)C(C)(C)c2cc(N(c3ccc(C)cc3)c3ccc(S(C)(C)CC)cc3)cc(C)c2-4)cc1. The van der Waals surface area contributed by atoms with Crippen LogP contribution in [0.1, 0.15) is 79.1 Å². The number of nitrogens with zero attached hydrogens (tertiary/aromatic N) is 2. The summed E-state index contributed by atoms with van der Waals surface area (Å²) >= 11 is 0. The lowest BCUT2D eigenvalue weighted by molar-refractivity contribution is 0.652. The van der Waals surface area contributed by atoms with Crippen molar-refractivity contribution in [3.05, 3.63) is 178 Å². The van der Waals surface area contributed by atoms with Crippen molar-refractivity contribution in [2.45, 2.75) is 82.9 Å². The molecule has 2 nitrogen and oxygen atoms in total. The van der Waals surface area contributed by atoms with Gasteiger partial charge < -0.3 is 9.80 Å². The molecule has 0 aliphatic heterocycles. The molecule has 2 aliphatic carbocycles. The maximum atomic E-state index is 4.30. The van der Waals surface area contributed by atoms with E-state index in [0.29, 0.717) is 0 Å². The molecular weight excluding hydrogens is 789 g/mol. The van der Waals surface area contributed by atoms with Crippen molar-refractivity contribution in [2.75, 3.05) is 34.3 Å². The van der Waals surface area contributed by atoms with E-state index < -0.39 is 10.0 Å². The highest BCUT2D eigenvalue weighted by molar-refractivity contribution is 8.32. The lowest BCUT2D eigenvalue weighted by Gasteiger charge is -2.32. The molecule has 0 aromatic heterocycles. The number of aryl methyl sites for hydroxylation is 4. The van der Waals surface area contributed by atoms with Crippen molar-refractivity contribution in [3.63, 3.8) is 0 Å². The molecule has 1 atom stereocenters. The van der Waals surface area contributed by atoms with Crippen LogP contribution in [-0.2, 0) is 10.8 Å². The Morgan fingerprint density at radius 2 is 0.839 bits per heavy atom. The van der Waals surface area contributed by atoms with E-state index in [1.165, 1.54) is 105 Å². The molecule has 2 aliphatic rings. The Bertz CT molecular complexity index is 2900. The molecule has 0 saturated carbocycles. The van der Waals surface area contributed by atoms with Gasteiger partial charge in [0.05, 0.1) is 0 Å². The molecule has 0 bridgehead atoms. The molecule has 7 aromatic carbocycles. The molecule has 0 fully saturated rings. The normalized spacial score (nSPS) is 15.0. The number of benzene rings is 7. The Morgan fingerprint density at radius 3 is 1.19 bits per heavy atom. The second-order valence-corrected chi connectivity index (χ2v) is 25.2. The predicted octanol–water partition coefficient (Wildman–Crippen LogP) is 16.6. The first kappa shape index (κ1) is 42.0. The van der Waals surface area contributed by atoms with Crippen LogP contribution in [0, 0.1) is 27.7 Å². The van der Waals surface area contributed by atoms with Crippen molar-refractivity contribution in [2.24, 2.45) is 0 Å². The van der Waals surface area contributed by atoms with E-state index >= 15 is 0 Å². The topological polar surface area (TPSA) is 6.48 Å². The molecule has 316 valence electrons. The fraction of sp³-hybridized carbons (Fsp3) is 0.259. The van der Waals surface area contributed by atoms with Gasteiger partial charge in [0.15, 0.2) is 0 Å². The third kappa shape index (κ3) is 6.86. The van der Waals surface area contributed by atoms with Gasteiger partial charge in [0.2, 0.25) is 0 Å². The highest BCUT2D eigenvalue weighted by Gasteiger charge is 2.43. The summed E-state index contributed by atoms with van der Waals surface area (Å²) in [6.07, 6.45) is 7.02. The van der Waals surface area contributed by atoms with Gasteiger partial charge in [0.1, 0.15) is 0 Å². The second-order valence-electron chi connectivity index (χ2n) is 19.4. The minimum absolute atomic E-state index is 0.0446. The van der Waals surface area contributed by atoms with Crippen molar-refractivity contribution in [1.82, 2.24) is 0 Å². The number of hydrogen-bond acceptors (Lipinski definition) is 2. The standard InChI is InChI=1S/C58H62N2S2/c1-14-62(12,13)48-29-25-44(26-30-48)60(42-21-17-38(3)18-22-42)46-32-40(5)56-50-36-51-49(35-52(50)58(8,9)54(56)34-46)55-39(4)31-45(33-53(55)57(51,6)7)59(41-19-15-37(2)16-20-41)43-23-27-47(28-24-43)61(10)11/h15-36H,10,14H2,1-9,11-13H3/t61-/m0/s1. The highest BCUT2D eigenvalue weighted by Crippen LogP contribution is 2.59. The van der Waals surface area contributed by atoms with Crippen LogP contribution in [-0.4, -0.2) is 30.4 Å². The Kier molecular flexibility index (Phi) is 10.3. The molecule has 0 radical (unpaired) electrons. The van der Waals surface area contributed by atoms with Gasteiger partial charge in [0.25, 0.3) is 0 Å². The van der Waals surface area contributed by atoms with Crippen LogP contribution < -0.4 is 9.80 Å². The van der Waals surface area contributed by atoms with Gasteiger partial charge in [-0.3, -0.25) is 0 Å². The first-order chi connectivity index (χ1) is 29.4. The third-order valence-corrected chi connectivity index (χ3v) is 18.2. The van der Waals surface area contributed by atoms with Crippen molar-refractivity contribution >= 4 is 60.5 Å². The minimum atomic E-state index is -0.827. The maximum absolute atomic E-state index is 4.30. The monoisotopic (exact) mass is 850 g/mol. The zero-order chi connectivity index (χ0) is 44.0. The lowest BCUT2D eigenvalue weighted by atomic mass is 9.79. The molecule has 7 aromatic rings. The molecular formula is C58H62N2S2. The van der Waals surface area contributed by atoms with Gasteiger partial charge >= 0.3 is 0 Å². The maximum Gasteiger partial charge on any atom is 0.0467 e. The zero-order valence-electron chi connectivity index (χ0n) is 38.8. The van der Waals surface area contributed by atoms with Crippen LogP contribution >= 0.6 is 20.5 Å². The summed E-state index contributed by atoms with van der Waals surface area (Å²) in [4.78, 5) is 7.61. The second kappa shape index (κ2) is 15.2. The van der Waals surface area contributed by atoms with Crippen LogP contribution in [0.4, 0.5) is 34.1 Å². The molecule has 0 unspecified atom stereocenters. The van der Waals surface area contributed by atoms with Crippen LogP contribution in [0.5, 0.6) is 0 Å². The fourth-order valence-electron chi connectivity index (χ4n) is 10.1. The van der Waals surface area contributed by atoms with E-state index in [2.05, 4.69) is 230 Å². The minimum Gasteiger partial charge on any atom is -0.310 e. The van der Waals surface area contributed by atoms with Crippen LogP contribution in [0.3, 0.4) is 0 Å². The van der Waals surface area contributed by atoms with Crippen molar-refractivity contribution in [1.29, 1.82) is 0 Å². The molecule has 4 heteroatoms. The summed E-state index contributed by atoms with van der Waals surface area (Å²) in [5.41, 5.74) is 23.0. The van der Waals surface area contributed by atoms with E-state index in [-0.39, 0.29) is 21.3 Å². The van der Waals surface area contributed by atoms with Crippen molar-refractivity contribution in [3.8, 4) is 22.3 Å². The van der Waals surface area contributed by atoms with Crippen LogP contribution in [0.25, 0.3) is 22.3 Å². The summed E-state index contributed by atoms with van der Waals surface area (Å²) in [6.45, 7) is 21.0. The molecule has 62 heavy (non-hydrogen) atoms.